The van der Waals surface area contributed by atoms with Crippen molar-refractivity contribution in [2.24, 2.45) is 0 Å². The molecular weight excluding hydrogens is 352 g/mol. The summed E-state index contributed by atoms with van der Waals surface area (Å²) in [7, 11) is 0. The molecule has 2 N–H and O–H groups in total. The van der Waals surface area contributed by atoms with Crippen molar-refractivity contribution in [1.82, 2.24) is 9.55 Å². The van der Waals surface area contributed by atoms with Crippen molar-refractivity contribution in [1.29, 1.82) is 0 Å². The van der Waals surface area contributed by atoms with Crippen molar-refractivity contribution >= 4 is 16.8 Å². The third-order valence-electron chi connectivity index (χ3n) is 4.90. The first-order valence-electron chi connectivity index (χ1n) is 9.02. The molecule has 0 spiro atoms. The number of aryl methyl sites for hydroxylation is 1. The number of phenolic OH excluding ortho intramolecular Hbond substituents is 1. The smallest absolute Gasteiger partial charge is 0.195 e. The topological polar surface area (TPSA) is 75.3 Å². The summed E-state index contributed by atoms with van der Waals surface area (Å²) in [6.07, 6.45) is 0. The molecule has 0 aliphatic heterocycles. The number of ketones is 1. The quantitative estimate of drug-likeness (QED) is 0.530. The van der Waals surface area contributed by atoms with Gasteiger partial charge in [0.1, 0.15) is 11.4 Å². The van der Waals surface area contributed by atoms with Crippen LogP contribution >= 0.6 is 0 Å². The van der Waals surface area contributed by atoms with Crippen molar-refractivity contribution in [3.63, 3.8) is 0 Å². The molecule has 0 amide bonds. The van der Waals surface area contributed by atoms with Crippen LogP contribution in [-0.2, 0) is 6.61 Å². The molecule has 0 atom stereocenters. The zero-order chi connectivity index (χ0) is 19.8. The monoisotopic (exact) mass is 372 g/mol. The molecule has 0 bridgehead atoms. The Bertz CT molecular complexity index is 1190. The first-order chi connectivity index (χ1) is 13.5. The maximum absolute atomic E-state index is 13.3. The van der Waals surface area contributed by atoms with E-state index in [2.05, 4.69) is 4.98 Å². The lowest BCUT2D eigenvalue weighted by Gasteiger charge is -2.10. The summed E-state index contributed by atoms with van der Waals surface area (Å²) >= 11 is 0. The summed E-state index contributed by atoms with van der Waals surface area (Å²) in [6, 6.07) is 17.6. The highest BCUT2D eigenvalue weighted by Gasteiger charge is 2.23. The zero-order valence-corrected chi connectivity index (χ0v) is 15.7. The van der Waals surface area contributed by atoms with Crippen LogP contribution in [0.3, 0.4) is 0 Å². The number of carbonyl (C=O) groups excluding carboxylic acids is 1. The summed E-state index contributed by atoms with van der Waals surface area (Å²) in [5.41, 5.74) is 5.06. The molecule has 5 nitrogen and oxygen atoms in total. The molecule has 140 valence electrons. The minimum absolute atomic E-state index is 0.0577. The number of rotatable bonds is 4. The Labute approximate surface area is 162 Å². The van der Waals surface area contributed by atoms with Crippen molar-refractivity contribution in [2.75, 3.05) is 0 Å². The fraction of sp³-hybridized carbons (Fsp3) is 0.130. The molecular formula is C23H20N2O3. The van der Waals surface area contributed by atoms with Crippen molar-refractivity contribution in [2.45, 2.75) is 20.5 Å². The average molecular weight is 372 g/mol. The lowest BCUT2D eigenvalue weighted by atomic mass is 10.0. The molecule has 5 heteroatoms. The fourth-order valence-corrected chi connectivity index (χ4v) is 3.53. The van der Waals surface area contributed by atoms with E-state index in [1.807, 2.05) is 54.8 Å². The highest BCUT2D eigenvalue weighted by molar-refractivity contribution is 6.17. The molecule has 0 radical (unpaired) electrons. The van der Waals surface area contributed by atoms with Gasteiger partial charge in [0.15, 0.2) is 5.78 Å². The molecule has 0 saturated heterocycles. The Kier molecular flexibility index (Phi) is 4.45. The molecule has 0 saturated carbocycles. The highest BCUT2D eigenvalue weighted by atomic mass is 16.3. The van der Waals surface area contributed by atoms with Gasteiger partial charge in [-0.1, -0.05) is 12.1 Å². The number of fused-ring (bicyclic) bond motifs is 1. The molecule has 0 unspecified atom stereocenters. The largest absolute Gasteiger partial charge is 0.508 e. The Balaban J connectivity index is 1.99. The molecule has 4 aromatic rings. The number of hydrogen-bond acceptors (Lipinski definition) is 4. The van der Waals surface area contributed by atoms with E-state index in [4.69, 9.17) is 0 Å². The number of aromatic hydroxyl groups is 1. The van der Waals surface area contributed by atoms with Crippen LogP contribution in [0.2, 0.25) is 0 Å². The summed E-state index contributed by atoms with van der Waals surface area (Å²) in [4.78, 5) is 18.0. The second-order valence-electron chi connectivity index (χ2n) is 6.82. The van der Waals surface area contributed by atoms with E-state index in [1.165, 1.54) is 12.1 Å². The number of benzene rings is 2. The molecule has 0 aliphatic rings. The van der Waals surface area contributed by atoms with Gasteiger partial charge in [-0.15, -0.1) is 0 Å². The first-order valence-corrected chi connectivity index (χ1v) is 9.02. The van der Waals surface area contributed by atoms with Crippen LogP contribution in [-0.4, -0.2) is 25.5 Å². The fourth-order valence-electron chi connectivity index (χ4n) is 3.53. The predicted octanol–water partition coefficient (Wildman–Crippen LogP) is 4.07. The standard InChI is InChI=1S/C23H20N2O3/c1-14-6-11-20-21(22(28)17-7-9-19(27)10-8-17)15(2)25(23(20)24-14)18-5-3-4-16(12-18)13-26/h3-12,26-27H,13H2,1-2H3. The normalized spacial score (nSPS) is 11.1. The minimum atomic E-state index is -0.120. The van der Waals surface area contributed by atoms with Crippen molar-refractivity contribution in [3.05, 3.63) is 88.7 Å². The van der Waals surface area contributed by atoms with Gasteiger partial charge in [0.2, 0.25) is 0 Å². The summed E-state index contributed by atoms with van der Waals surface area (Å²) in [6.45, 7) is 3.76. The van der Waals surface area contributed by atoms with Crippen LogP contribution < -0.4 is 0 Å². The summed E-state index contributed by atoms with van der Waals surface area (Å²) in [5.74, 6) is -0.000902. The Morgan fingerprint density at radius 1 is 1.04 bits per heavy atom. The SMILES string of the molecule is Cc1ccc2c(C(=O)c3ccc(O)cc3)c(C)n(-c3cccc(CO)c3)c2n1. The van der Waals surface area contributed by atoms with Gasteiger partial charge in [0.25, 0.3) is 0 Å². The number of aromatic nitrogens is 2. The number of carbonyl (C=O) groups is 1. The number of hydrogen-bond donors (Lipinski definition) is 2. The number of nitrogens with zero attached hydrogens (tertiary/aromatic N) is 2. The Hall–Kier alpha value is -3.44. The number of aliphatic hydroxyl groups excluding tert-OH is 1. The van der Waals surface area contributed by atoms with E-state index in [-0.39, 0.29) is 18.1 Å². The van der Waals surface area contributed by atoms with E-state index in [9.17, 15) is 15.0 Å². The van der Waals surface area contributed by atoms with Crippen LogP contribution in [0.15, 0.2) is 60.7 Å². The molecule has 4 rings (SSSR count). The van der Waals surface area contributed by atoms with E-state index < -0.39 is 0 Å². The summed E-state index contributed by atoms with van der Waals surface area (Å²) in [5, 5.41) is 19.8. The molecule has 2 aromatic heterocycles. The number of phenols is 1. The van der Waals surface area contributed by atoms with E-state index in [0.717, 1.165) is 28.0 Å². The van der Waals surface area contributed by atoms with Gasteiger partial charge in [-0.05, 0) is 67.9 Å². The molecule has 28 heavy (non-hydrogen) atoms. The van der Waals surface area contributed by atoms with Gasteiger partial charge in [0.05, 0.1) is 12.2 Å². The van der Waals surface area contributed by atoms with E-state index in [0.29, 0.717) is 16.8 Å². The van der Waals surface area contributed by atoms with Crippen molar-refractivity contribution < 1.29 is 15.0 Å². The van der Waals surface area contributed by atoms with Gasteiger partial charge in [-0.3, -0.25) is 9.36 Å². The molecule has 0 aliphatic carbocycles. The van der Waals surface area contributed by atoms with Crippen LogP contribution in [0, 0.1) is 13.8 Å². The van der Waals surface area contributed by atoms with Gasteiger partial charge in [-0.25, -0.2) is 4.98 Å². The van der Waals surface area contributed by atoms with Crippen molar-refractivity contribution in [3.8, 4) is 11.4 Å². The zero-order valence-electron chi connectivity index (χ0n) is 15.7. The third-order valence-corrected chi connectivity index (χ3v) is 4.90. The van der Waals surface area contributed by atoms with Gasteiger partial charge in [0, 0.05) is 28.0 Å². The maximum Gasteiger partial charge on any atom is 0.195 e. The van der Waals surface area contributed by atoms with Gasteiger partial charge >= 0.3 is 0 Å². The lowest BCUT2D eigenvalue weighted by Crippen LogP contribution is -2.04. The Morgan fingerprint density at radius 2 is 1.79 bits per heavy atom. The van der Waals surface area contributed by atoms with Gasteiger partial charge in [-0.2, -0.15) is 0 Å². The predicted molar refractivity (Wildman–Crippen MR) is 108 cm³/mol. The average Bonchev–Trinajstić information content (AvgIpc) is 2.99. The Morgan fingerprint density at radius 3 is 2.50 bits per heavy atom. The van der Waals surface area contributed by atoms with E-state index >= 15 is 0 Å². The minimum Gasteiger partial charge on any atom is -0.508 e. The van der Waals surface area contributed by atoms with E-state index in [1.54, 1.807) is 12.1 Å². The lowest BCUT2D eigenvalue weighted by molar-refractivity contribution is 0.103. The van der Waals surface area contributed by atoms with Crippen LogP contribution in [0.25, 0.3) is 16.7 Å². The maximum atomic E-state index is 13.3. The van der Waals surface area contributed by atoms with Crippen LogP contribution in [0.5, 0.6) is 5.75 Å². The second-order valence-corrected chi connectivity index (χ2v) is 6.82. The second kappa shape index (κ2) is 6.94. The van der Waals surface area contributed by atoms with Crippen LogP contribution in [0.1, 0.15) is 32.9 Å². The third kappa shape index (κ3) is 2.96. The molecule has 2 heterocycles. The van der Waals surface area contributed by atoms with Crippen LogP contribution in [0.4, 0.5) is 0 Å². The van der Waals surface area contributed by atoms with Gasteiger partial charge < -0.3 is 10.2 Å². The molecule has 0 fully saturated rings. The highest BCUT2D eigenvalue weighted by Crippen LogP contribution is 2.31. The first kappa shape index (κ1) is 17.9. The number of pyridine rings is 1. The number of aliphatic hydroxyl groups is 1. The molecule has 2 aromatic carbocycles. The summed E-state index contributed by atoms with van der Waals surface area (Å²) < 4.78 is 1.95.